The molecule has 2 aromatic rings. The van der Waals surface area contributed by atoms with Gasteiger partial charge in [0.1, 0.15) is 12.7 Å². The summed E-state index contributed by atoms with van der Waals surface area (Å²) in [5.41, 5.74) is 2.45. The molecule has 1 aliphatic carbocycles. The largest absolute Gasteiger partial charge is 0.493 e. The molecule has 1 atom stereocenters. The van der Waals surface area contributed by atoms with Gasteiger partial charge in [-0.05, 0) is 62.0 Å². The van der Waals surface area contributed by atoms with Crippen molar-refractivity contribution in [1.29, 1.82) is 0 Å². The fourth-order valence-electron chi connectivity index (χ4n) is 3.97. The summed E-state index contributed by atoms with van der Waals surface area (Å²) in [7, 11) is 3.67. The molecule has 1 aliphatic rings. The van der Waals surface area contributed by atoms with Crippen LogP contribution in [0.4, 0.5) is 0 Å². The Morgan fingerprint density at radius 2 is 1.81 bits per heavy atom. The van der Waals surface area contributed by atoms with E-state index in [2.05, 4.69) is 41.0 Å². The standard InChI is InChI=1S/C26H38N2O3/c1-4-14-28(17-22-10-11-22)18-23-12-13-25(30-3)26(15-23)31-20-24(29)19-27(2)16-21-8-6-5-7-9-21/h5-9,12-13,15,22,24,29H,4,10-11,14,16-20H2,1-3H3/t24-/m0/s1. The SMILES string of the molecule is CCCN(Cc1ccc(OC)c(OC[C@@H](O)CN(C)Cc2ccccc2)c1)CC1CC1. The predicted molar refractivity (Wildman–Crippen MR) is 126 cm³/mol. The van der Waals surface area contributed by atoms with Gasteiger partial charge in [0.15, 0.2) is 11.5 Å². The monoisotopic (exact) mass is 426 g/mol. The number of rotatable bonds is 14. The highest BCUT2D eigenvalue weighted by Crippen LogP contribution is 2.32. The first-order chi connectivity index (χ1) is 15.1. The van der Waals surface area contributed by atoms with Crippen molar-refractivity contribution in [3.05, 3.63) is 59.7 Å². The molecule has 1 fully saturated rings. The molecule has 0 aromatic heterocycles. The second-order valence-corrected chi connectivity index (χ2v) is 8.81. The molecule has 1 N–H and O–H groups in total. The van der Waals surface area contributed by atoms with E-state index in [1.807, 2.05) is 31.3 Å². The van der Waals surface area contributed by atoms with E-state index in [4.69, 9.17) is 9.47 Å². The Morgan fingerprint density at radius 1 is 1.03 bits per heavy atom. The molecule has 5 nitrogen and oxygen atoms in total. The summed E-state index contributed by atoms with van der Waals surface area (Å²) in [6, 6.07) is 16.4. The minimum Gasteiger partial charge on any atom is -0.493 e. The van der Waals surface area contributed by atoms with Crippen molar-refractivity contribution in [2.45, 2.75) is 45.4 Å². The van der Waals surface area contributed by atoms with Crippen molar-refractivity contribution in [2.24, 2.45) is 5.92 Å². The van der Waals surface area contributed by atoms with Gasteiger partial charge in [-0.2, -0.15) is 0 Å². The number of hydrogen-bond acceptors (Lipinski definition) is 5. The van der Waals surface area contributed by atoms with Crippen LogP contribution in [0.3, 0.4) is 0 Å². The lowest BCUT2D eigenvalue weighted by molar-refractivity contribution is 0.0732. The third-order valence-corrected chi connectivity index (χ3v) is 5.64. The number of ether oxygens (including phenoxy) is 2. The summed E-state index contributed by atoms with van der Waals surface area (Å²) < 4.78 is 11.5. The normalized spacial score (nSPS) is 14.8. The number of hydrogen-bond donors (Lipinski definition) is 1. The average molecular weight is 427 g/mol. The van der Waals surface area contributed by atoms with Gasteiger partial charge in [0.25, 0.3) is 0 Å². The molecule has 1 saturated carbocycles. The molecule has 0 heterocycles. The van der Waals surface area contributed by atoms with E-state index >= 15 is 0 Å². The lowest BCUT2D eigenvalue weighted by Gasteiger charge is -2.23. The van der Waals surface area contributed by atoms with E-state index in [0.29, 0.717) is 18.0 Å². The number of methoxy groups -OCH3 is 1. The smallest absolute Gasteiger partial charge is 0.161 e. The fourth-order valence-corrected chi connectivity index (χ4v) is 3.97. The quantitative estimate of drug-likeness (QED) is 0.491. The van der Waals surface area contributed by atoms with Crippen LogP contribution in [0.2, 0.25) is 0 Å². The predicted octanol–water partition coefficient (Wildman–Crippen LogP) is 4.19. The summed E-state index contributed by atoms with van der Waals surface area (Å²) >= 11 is 0. The molecule has 170 valence electrons. The number of likely N-dealkylation sites (N-methyl/N-ethyl adjacent to an activating group) is 1. The lowest BCUT2D eigenvalue weighted by atomic mass is 10.1. The van der Waals surface area contributed by atoms with E-state index in [1.54, 1.807) is 7.11 Å². The van der Waals surface area contributed by atoms with Gasteiger partial charge in [0, 0.05) is 26.2 Å². The van der Waals surface area contributed by atoms with E-state index in [9.17, 15) is 5.11 Å². The van der Waals surface area contributed by atoms with Crippen molar-refractivity contribution in [1.82, 2.24) is 9.80 Å². The fraction of sp³-hybridized carbons (Fsp3) is 0.538. The molecule has 0 unspecified atom stereocenters. The minimum atomic E-state index is -0.575. The van der Waals surface area contributed by atoms with E-state index in [0.717, 1.165) is 32.0 Å². The van der Waals surface area contributed by atoms with Crippen LogP contribution < -0.4 is 9.47 Å². The zero-order chi connectivity index (χ0) is 22.1. The molecule has 0 saturated heterocycles. The Kier molecular flexibility index (Phi) is 9.19. The van der Waals surface area contributed by atoms with Gasteiger partial charge >= 0.3 is 0 Å². The summed E-state index contributed by atoms with van der Waals surface area (Å²) in [6.45, 7) is 7.03. The first-order valence-electron chi connectivity index (χ1n) is 11.5. The number of aliphatic hydroxyl groups is 1. The Balaban J connectivity index is 1.53. The molecule has 0 spiro atoms. The first-order valence-corrected chi connectivity index (χ1v) is 11.5. The first kappa shape index (κ1) is 23.6. The van der Waals surface area contributed by atoms with Crippen molar-refractivity contribution >= 4 is 0 Å². The molecule has 3 rings (SSSR count). The average Bonchev–Trinajstić information content (AvgIpc) is 3.57. The zero-order valence-corrected chi connectivity index (χ0v) is 19.3. The van der Waals surface area contributed by atoms with Crippen LogP contribution in [0.5, 0.6) is 11.5 Å². The van der Waals surface area contributed by atoms with Gasteiger partial charge in [-0.3, -0.25) is 9.80 Å². The molecule has 0 radical (unpaired) electrons. The van der Waals surface area contributed by atoms with Crippen molar-refractivity contribution in [3.8, 4) is 11.5 Å². The zero-order valence-electron chi connectivity index (χ0n) is 19.3. The van der Waals surface area contributed by atoms with Crippen LogP contribution in [-0.4, -0.2) is 61.4 Å². The highest BCUT2D eigenvalue weighted by molar-refractivity contribution is 5.43. The maximum Gasteiger partial charge on any atom is 0.161 e. The van der Waals surface area contributed by atoms with Crippen molar-refractivity contribution < 1.29 is 14.6 Å². The third-order valence-electron chi connectivity index (χ3n) is 5.64. The van der Waals surface area contributed by atoms with Crippen LogP contribution in [-0.2, 0) is 13.1 Å². The van der Waals surface area contributed by atoms with Crippen molar-refractivity contribution in [2.75, 3.05) is 40.4 Å². The Hall–Kier alpha value is -2.08. The molecule has 0 bridgehead atoms. The molecule has 0 aliphatic heterocycles. The maximum absolute atomic E-state index is 10.5. The second kappa shape index (κ2) is 12.1. The van der Waals surface area contributed by atoms with Crippen molar-refractivity contribution in [3.63, 3.8) is 0 Å². The van der Waals surface area contributed by atoms with Gasteiger partial charge in [0.2, 0.25) is 0 Å². The molecule has 2 aromatic carbocycles. The Bertz CT molecular complexity index is 779. The van der Waals surface area contributed by atoms with Crippen LogP contribution in [0.15, 0.2) is 48.5 Å². The van der Waals surface area contributed by atoms with E-state index in [1.165, 1.54) is 30.5 Å². The summed E-state index contributed by atoms with van der Waals surface area (Å²) in [6.07, 6.45) is 3.32. The van der Waals surface area contributed by atoms with Crippen LogP contribution >= 0.6 is 0 Å². The van der Waals surface area contributed by atoms with Crippen LogP contribution in [0.1, 0.15) is 37.3 Å². The summed E-state index contributed by atoms with van der Waals surface area (Å²) in [4.78, 5) is 4.65. The molecule has 0 amide bonds. The maximum atomic E-state index is 10.5. The Labute approximate surface area is 187 Å². The van der Waals surface area contributed by atoms with Gasteiger partial charge in [-0.1, -0.05) is 43.3 Å². The Morgan fingerprint density at radius 3 is 2.48 bits per heavy atom. The van der Waals surface area contributed by atoms with Crippen LogP contribution in [0, 0.1) is 5.92 Å². The number of benzene rings is 2. The highest BCUT2D eigenvalue weighted by Gasteiger charge is 2.24. The highest BCUT2D eigenvalue weighted by atomic mass is 16.5. The molecular weight excluding hydrogens is 388 g/mol. The molecule has 31 heavy (non-hydrogen) atoms. The summed E-state index contributed by atoms with van der Waals surface area (Å²) in [5.74, 6) is 2.29. The van der Waals surface area contributed by atoms with E-state index in [-0.39, 0.29) is 6.61 Å². The van der Waals surface area contributed by atoms with Gasteiger partial charge in [0.05, 0.1) is 7.11 Å². The molecular formula is C26H38N2O3. The third kappa shape index (κ3) is 8.17. The topological polar surface area (TPSA) is 45.2 Å². The minimum absolute atomic E-state index is 0.236. The van der Waals surface area contributed by atoms with Gasteiger partial charge in [-0.15, -0.1) is 0 Å². The van der Waals surface area contributed by atoms with E-state index < -0.39 is 6.10 Å². The lowest BCUT2D eigenvalue weighted by Crippen LogP contribution is -2.32. The molecule has 5 heteroatoms. The van der Waals surface area contributed by atoms with Gasteiger partial charge < -0.3 is 14.6 Å². The van der Waals surface area contributed by atoms with Crippen LogP contribution in [0.25, 0.3) is 0 Å². The number of nitrogens with zero attached hydrogens (tertiary/aromatic N) is 2. The second-order valence-electron chi connectivity index (χ2n) is 8.81. The summed E-state index contributed by atoms with van der Waals surface area (Å²) in [5, 5.41) is 10.5. The number of aliphatic hydroxyl groups excluding tert-OH is 1. The van der Waals surface area contributed by atoms with Gasteiger partial charge in [-0.25, -0.2) is 0 Å².